The summed E-state index contributed by atoms with van der Waals surface area (Å²) in [7, 11) is 0. The van der Waals surface area contributed by atoms with Crippen LogP contribution in [0, 0.1) is 5.92 Å². The summed E-state index contributed by atoms with van der Waals surface area (Å²) in [5.41, 5.74) is 1.26. The van der Waals surface area contributed by atoms with Gasteiger partial charge in [-0.2, -0.15) is 0 Å². The molecule has 0 saturated carbocycles. The van der Waals surface area contributed by atoms with Crippen LogP contribution in [-0.4, -0.2) is 23.7 Å². The summed E-state index contributed by atoms with van der Waals surface area (Å²) in [5.74, 6) is 0.284. The third-order valence-electron chi connectivity index (χ3n) is 3.06. The molecule has 0 aliphatic rings. The Hall–Kier alpha value is -1.35. The number of aryl methyl sites for hydroxylation is 1. The summed E-state index contributed by atoms with van der Waals surface area (Å²) >= 11 is 0. The second kappa shape index (κ2) is 7.88. The van der Waals surface area contributed by atoms with Gasteiger partial charge in [0.25, 0.3) is 0 Å². The van der Waals surface area contributed by atoms with Crippen molar-refractivity contribution in [2.75, 3.05) is 6.61 Å². The molecule has 0 aliphatic heterocycles. The highest BCUT2D eigenvalue weighted by Gasteiger charge is 2.14. The first-order valence-electron chi connectivity index (χ1n) is 6.57. The maximum atomic E-state index is 11.7. The summed E-state index contributed by atoms with van der Waals surface area (Å²) in [4.78, 5) is 11.7. The average molecular weight is 249 g/mol. The Labute approximate surface area is 109 Å². The van der Waals surface area contributed by atoms with Gasteiger partial charge in [0.15, 0.2) is 0 Å². The molecule has 0 spiro atoms. The van der Waals surface area contributed by atoms with E-state index in [0.717, 1.165) is 12.8 Å². The van der Waals surface area contributed by atoms with Crippen molar-refractivity contribution in [1.29, 1.82) is 0 Å². The van der Waals surface area contributed by atoms with Crippen molar-refractivity contribution in [2.24, 2.45) is 5.92 Å². The summed E-state index contributed by atoms with van der Waals surface area (Å²) in [5, 5.41) is 12.0. The zero-order valence-electron chi connectivity index (χ0n) is 11.2. The van der Waals surface area contributed by atoms with E-state index in [1.54, 1.807) is 0 Å². The average Bonchev–Trinajstić information content (AvgIpc) is 2.37. The number of benzene rings is 1. The normalized spacial score (nSPS) is 12.4. The third kappa shape index (κ3) is 5.32. The molecular weight excluding hydrogens is 226 g/mol. The SMILES string of the molecule is CC(C)[C@@H](CO)NC(=O)CCCc1ccccc1. The van der Waals surface area contributed by atoms with Gasteiger partial charge in [0.2, 0.25) is 5.91 Å². The molecule has 0 unspecified atom stereocenters. The van der Waals surface area contributed by atoms with Gasteiger partial charge in [-0.3, -0.25) is 4.79 Å². The monoisotopic (exact) mass is 249 g/mol. The number of carbonyl (C=O) groups is 1. The highest BCUT2D eigenvalue weighted by molar-refractivity contribution is 5.76. The summed E-state index contributed by atoms with van der Waals surface area (Å²) in [6.07, 6.45) is 2.27. The van der Waals surface area contributed by atoms with Crippen molar-refractivity contribution in [1.82, 2.24) is 5.32 Å². The van der Waals surface area contributed by atoms with Crippen LogP contribution in [0.2, 0.25) is 0 Å². The van der Waals surface area contributed by atoms with E-state index >= 15 is 0 Å². The topological polar surface area (TPSA) is 49.3 Å². The quantitative estimate of drug-likeness (QED) is 0.778. The van der Waals surface area contributed by atoms with E-state index in [0.29, 0.717) is 6.42 Å². The summed E-state index contributed by atoms with van der Waals surface area (Å²) < 4.78 is 0. The predicted molar refractivity (Wildman–Crippen MR) is 73.2 cm³/mol. The molecule has 3 nitrogen and oxygen atoms in total. The molecule has 1 rings (SSSR count). The first-order valence-corrected chi connectivity index (χ1v) is 6.57. The van der Waals surface area contributed by atoms with Gasteiger partial charge < -0.3 is 10.4 Å². The van der Waals surface area contributed by atoms with Crippen LogP contribution < -0.4 is 5.32 Å². The van der Waals surface area contributed by atoms with E-state index in [-0.39, 0.29) is 24.5 Å². The highest BCUT2D eigenvalue weighted by atomic mass is 16.3. The standard InChI is InChI=1S/C15H23NO2/c1-12(2)14(11-17)16-15(18)10-6-9-13-7-4-3-5-8-13/h3-5,7-8,12,14,17H,6,9-11H2,1-2H3,(H,16,18)/t14-/m1/s1. The van der Waals surface area contributed by atoms with Crippen molar-refractivity contribution in [3.8, 4) is 0 Å². The second-order valence-electron chi connectivity index (χ2n) is 4.94. The molecule has 0 fully saturated rings. The molecule has 0 bridgehead atoms. The number of aliphatic hydroxyl groups excluding tert-OH is 1. The fourth-order valence-electron chi connectivity index (χ4n) is 1.80. The van der Waals surface area contributed by atoms with Crippen molar-refractivity contribution in [3.63, 3.8) is 0 Å². The van der Waals surface area contributed by atoms with Crippen LogP contribution in [-0.2, 0) is 11.2 Å². The van der Waals surface area contributed by atoms with Gasteiger partial charge in [0, 0.05) is 6.42 Å². The van der Waals surface area contributed by atoms with Crippen LogP contribution in [0.25, 0.3) is 0 Å². The lowest BCUT2D eigenvalue weighted by atomic mass is 10.0. The molecule has 100 valence electrons. The van der Waals surface area contributed by atoms with Crippen LogP contribution in [0.15, 0.2) is 30.3 Å². The van der Waals surface area contributed by atoms with E-state index in [1.807, 2.05) is 32.0 Å². The van der Waals surface area contributed by atoms with Gasteiger partial charge in [0.1, 0.15) is 0 Å². The van der Waals surface area contributed by atoms with Gasteiger partial charge in [-0.25, -0.2) is 0 Å². The lowest BCUT2D eigenvalue weighted by Crippen LogP contribution is -2.41. The van der Waals surface area contributed by atoms with Crippen molar-refractivity contribution in [2.45, 2.75) is 39.2 Å². The lowest BCUT2D eigenvalue weighted by molar-refractivity contribution is -0.122. The minimum atomic E-state index is -0.130. The number of carbonyl (C=O) groups excluding carboxylic acids is 1. The molecule has 2 N–H and O–H groups in total. The van der Waals surface area contributed by atoms with Crippen molar-refractivity contribution in [3.05, 3.63) is 35.9 Å². The Balaban J connectivity index is 2.25. The van der Waals surface area contributed by atoms with E-state index < -0.39 is 0 Å². The van der Waals surface area contributed by atoms with Crippen molar-refractivity contribution >= 4 is 5.91 Å². The Morgan fingerprint density at radius 1 is 1.28 bits per heavy atom. The zero-order chi connectivity index (χ0) is 13.4. The largest absolute Gasteiger partial charge is 0.394 e. The molecule has 0 aromatic heterocycles. The number of nitrogens with one attached hydrogen (secondary N) is 1. The molecular formula is C15H23NO2. The number of amides is 1. The van der Waals surface area contributed by atoms with E-state index in [9.17, 15) is 4.79 Å². The van der Waals surface area contributed by atoms with Gasteiger partial charge in [-0.05, 0) is 24.3 Å². The lowest BCUT2D eigenvalue weighted by Gasteiger charge is -2.19. The molecule has 1 aromatic rings. The van der Waals surface area contributed by atoms with E-state index in [2.05, 4.69) is 17.4 Å². The van der Waals surface area contributed by atoms with Gasteiger partial charge in [-0.15, -0.1) is 0 Å². The molecule has 18 heavy (non-hydrogen) atoms. The molecule has 0 aliphatic carbocycles. The number of aliphatic hydroxyl groups is 1. The van der Waals surface area contributed by atoms with Crippen LogP contribution in [0.1, 0.15) is 32.3 Å². The number of hydrogen-bond donors (Lipinski definition) is 2. The molecule has 3 heteroatoms. The van der Waals surface area contributed by atoms with Gasteiger partial charge in [0.05, 0.1) is 12.6 Å². The Morgan fingerprint density at radius 3 is 2.50 bits per heavy atom. The summed E-state index contributed by atoms with van der Waals surface area (Å²) in [6.45, 7) is 3.98. The number of hydrogen-bond acceptors (Lipinski definition) is 2. The third-order valence-corrected chi connectivity index (χ3v) is 3.06. The van der Waals surface area contributed by atoms with E-state index in [1.165, 1.54) is 5.56 Å². The number of rotatable bonds is 7. The van der Waals surface area contributed by atoms with Gasteiger partial charge >= 0.3 is 0 Å². The van der Waals surface area contributed by atoms with Crippen LogP contribution in [0.3, 0.4) is 0 Å². The van der Waals surface area contributed by atoms with Crippen molar-refractivity contribution < 1.29 is 9.90 Å². The predicted octanol–water partition coefficient (Wildman–Crippen LogP) is 2.14. The van der Waals surface area contributed by atoms with Crippen LogP contribution >= 0.6 is 0 Å². The Kier molecular flexibility index (Phi) is 6.44. The molecule has 0 saturated heterocycles. The first-order chi connectivity index (χ1) is 8.63. The maximum Gasteiger partial charge on any atom is 0.220 e. The Morgan fingerprint density at radius 2 is 1.94 bits per heavy atom. The second-order valence-corrected chi connectivity index (χ2v) is 4.94. The Bertz CT molecular complexity index is 349. The maximum absolute atomic E-state index is 11.7. The van der Waals surface area contributed by atoms with Gasteiger partial charge in [-0.1, -0.05) is 44.2 Å². The fourth-order valence-corrected chi connectivity index (χ4v) is 1.80. The highest BCUT2D eigenvalue weighted by Crippen LogP contribution is 2.05. The van der Waals surface area contributed by atoms with E-state index in [4.69, 9.17) is 5.11 Å². The summed E-state index contributed by atoms with van der Waals surface area (Å²) in [6, 6.07) is 10.0. The van der Waals surface area contributed by atoms with Crippen LogP contribution in [0.4, 0.5) is 0 Å². The zero-order valence-corrected chi connectivity index (χ0v) is 11.2. The minimum absolute atomic E-state index is 0.00208. The smallest absolute Gasteiger partial charge is 0.220 e. The minimum Gasteiger partial charge on any atom is -0.394 e. The first kappa shape index (κ1) is 14.7. The molecule has 1 atom stereocenters. The fraction of sp³-hybridized carbons (Fsp3) is 0.533. The molecule has 0 radical (unpaired) electrons. The van der Waals surface area contributed by atoms with Crippen LogP contribution in [0.5, 0.6) is 0 Å². The molecule has 1 aromatic carbocycles. The molecule has 0 heterocycles. The molecule has 1 amide bonds.